The quantitative estimate of drug-likeness (QED) is 0.676. The summed E-state index contributed by atoms with van der Waals surface area (Å²) in [5.74, 6) is -0.670. The van der Waals surface area contributed by atoms with Gasteiger partial charge in [-0.15, -0.1) is 0 Å². The molecule has 6 heteroatoms. The van der Waals surface area contributed by atoms with Crippen molar-refractivity contribution in [2.24, 2.45) is 11.3 Å². The number of hydrogen-bond donors (Lipinski definition) is 3. The molecule has 1 aliphatic heterocycles. The molecule has 3 N–H and O–H groups in total. The number of nitrogens with one attached hydrogen (secondary N) is 1. The van der Waals surface area contributed by atoms with Gasteiger partial charge in [0.05, 0.1) is 6.54 Å². The zero-order valence-electron chi connectivity index (χ0n) is 12.6. The highest BCUT2D eigenvalue weighted by Gasteiger charge is 2.31. The van der Waals surface area contributed by atoms with Crippen molar-refractivity contribution in [2.45, 2.75) is 39.7 Å². The van der Waals surface area contributed by atoms with Gasteiger partial charge in [0.15, 0.2) is 0 Å². The smallest absolute Gasteiger partial charge is 0.317 e. The lowest BCUT2D eigenvalue weighted by Crippen LogP contribution is -2.53. The van der Waals surface area contributed by atoms with Crippen LogP contribution >= 0.6 is 0 Å². The predicted octanol–water partition coefficient (Wildman–Crippen LogP) is 0.306. The third kappa shape index (κ3) is 5.46. The van der Waals surface area contributed by atoms with Crippen LogP contribution in [0.1, 0.15) is 33.6 Å². The molecule has 116 valence electrons. The van der Waals surface area contributed by atoms with E-state index in [2.05, 4.69) is 5.32 Å². The molecular weight excluding hydrogens is 260 g/mol. The highest BCUT2D eigenvalue weighted by Crippen LogP contribution is 2.21. The maximum atomic E-state index is 12.0. The highest BCUT2D eigenvalue weighted by molar-refractivity contribution is 5.81. The Kier molecular flexibility index (Phi) is 5.95. The lowest BCUT2D eigenvalue weighted by molar-refractivity contribution is -0.139. The minimum Gasteiger partial charge on any atom is -0.480 e. The van der Waals surface area contributed by atoms with E-state index in [0.29, 0.717) is 19.5 Å². The molecule has 1 amide bonds. The van der Waals surface area contributed by atoms with Gasteiger partial charge in [0.2, 0.25) is 5.91 Å². The normalized spacial score (nSPS) is 24.4. The van der Waals surface area contributed by atoms with Crippen molar-refractivity contribution in [1.29, 1.82) is 0 Å². The van der Waals surface area contributed by atoms with Gasteiger partial charge in [-0.25, -0.2) is 0 Å². The summed E-state index contributed by atoms with van der Waals surface area (Å²) in [5, 5.41) is 21.0. The second-order valence-electron chi connectivity index (χ2n) is 6.62. The third-order valence-electron chi connectivity index (χ3n) is 3.53. The Bertz CT molecular complexity index is 352. The molecule has 0 aromatic rings. The number of hydrogen-bond acceptors (Lipinski definition) is 4. The van der Waals surface area contributed by atoms with E-state index < -0.39 is 11.4 Å². The molecule has 1 heterocycles. The van der Waals surface area contributed by atoms with Crippen LogP contribution in [-0.4, -0.2) is 59.3 Å². The number of piperidine rings is 1. The van der Waals surface area contributed by atoms with Crippen molar-refractivity contribution in [2.75, 3.05) is 26.2 Å². The molecule has 0 spiro atoms. The van der Waals surface area contributed by atoms with Crippen LogP contribution in [0.25, 0.3) is 0 Å². The number of carboxylic acids is 1. The largest absolute Gasteiger partial charge is 0.480 e. The summed E-state index contributed by atoms with van der Waals surface area (Å²) >= 11 is 0. The molecular formula is C14H26N2O4. The first-order valence-electron chi connectivity index (χ1n) is 7.08. The topological polar surface area (TPSA) is 89.9 Å². The monoisotopic (exact) mass is 286 g/mol. The fraction of sp³-hybridized carbons (Fsp3) is 0.857. The minimum atomic E-state index is -0.865. The summed E-state index contributed by atoms with van der Waals surface area (Å²) in [5.41, 5.74) is -0.457. The van der Waals surface area contributed by atoms with E-state index in [-0.39, 0.29) is 31.0 Å². The maximum absolute atomic E-state index is 12.0. The molecule has 1 aliphatic rings. The number of aliphatic hydroxyl groups is 1. The molecule has 0 aromatic carbocycles. The average Bonchev–Trinajstić information content (AvgIpc) is 2.26. The summed E-state index contributed by atoms with van der Waals surface area (Å²) in [6, 6.07) is -0.0497. The van der Waals surface area contributed by atoms with E-state index in [4.69, 9.17) is 10.2 Å². The van der Waals surface area contributed by atoms with Gasteiger partial charge >= 0.3 is 5.97 Å². The summed E-state index contributed by atoms with van der Waals surface area (Å²) in [4.78, 5) is 24.7. The van der Waals surface area contributed by atoms with Crippen LogP contribution in [0, 0.1) is 11.3 Å². The zero-order chi connectivity index (χ0) is 15.3. The fourth-order valence-electron chi connectivity index (χ4n) is 2.52. The van der Waals surface area contributed by atoms with E-state index >= 15 is 0 Å². The van der Waals surface area contributed by atoms with Gasteiger partial charge in [0.1, 0.15) is 0 Å². The number of carboxylic acid groups (broad SMARTS) is 1. The van der Waals surface area contributed by atoms with E-state index in [9.17, 15) is 9.59 Å². The van der Waals surface area contributed by atoms with Gasteiger partial charge in [0, 0.05) is 31.2 Å². The van der Waals surface area contributed by atoms with Crippen LogP contribution in [0.4, 0.5) is 0 Å². The molecule has 1 rings (SSSR count). The van der Waals surface area contributed by atoms with E-state index in [1.165, 1.54) is 0 Å². The van der Waals surface area contributed by atoms with Gasteiger partial charge in [-0.05, 0) is 18.8 Å². The Morgan fingerprint density at radius 1 is 1.30 bits per heavy atom. The number of rotatable bonds is 5. The van der Waals surface area contributed by atoms with Crippen LogP contribution in [0.3, 0.4) is 0 Å². The standard InChI is InChI=1S/C14H26N2O4/c1-14(2,3)13(20)15-11-6-10(4-5-17)7-16(8-11)9-12(18)19/h10-11,17H,4-9H2,1-3H3,(H,15,20)(H,18,19). The highest BCUT2D eigenvalue weighted by atomic mass is 16.4. The van der Waals surface area contributed by atoms with E-state index in [0.717, 1.165) is 6.42 Å². The van der Waals surface area contributed by atoms with Crippen LogP contribution in [0.2, 0.25) is 0 Å². The second-order valence-corrected chi connectivity index (χ2v) is 6.62. The fourth-order valence-corrected chi connectivity index (χ4v) is 2.52. The van der Waals surface area contributed by atoms with Crippen molar-refractivity contribution in [3.05, 3.63) is 0 Å². The van der Waals surface area contributed by atoms with Crippen LogP contribution in [0.15, 0.2) is 0 Å². The Morgan fingerprint density at radius 2 is 1.95 bits per heavy atom. The number of carbonyl (C=O) groups excluding carboxylic acids is 1. The van der Waals surface area contributed by atoms with Crippen molar-refractivity contribution >= 4 is 11.9 Å². The van der Waals surface area contributed by atoms with Crippen molar-refractivity contribution in [3.8, 4) is 0 Å². The Balaban J connectivity index is 2.64. The van der Waals surface area contributed by atoms with Crippen molar-refractivity contribution in [1.82, 2.24) is 10.2 Å². The van der Waals surface area contributed by atoms with Gasteiger partial charge in [-0.2, -0.15) is 0 Å². The lowest BCUT2D eigenvalue weighted by Gasteiger charge is -2.38. The van der Waals surface area contributed by atoms with Gasteiger partial charge in [-0.3, -0.25) is 14.5 Å². The number of amides is 1. The lowest BCUT2D eigenvalue weighted by atomic mass is 9.89. The second kappa shape index (κ2) is 7.04. The molecule has 2 unspecified atom stereocenters. The van der Waals surface area contributed by atoms with Crippen LogP contribution < -0.4 is 5.32 Å². The Labute approximate surface area is 120 Å². The molecule has 0 aliphatic carbocycles. The van der Waals surface area contributed by atoms with Gasteiger partial charge in [0.25, 0.3) is 0 Å². The molecule has 20 heavy (non-hydrogen) atoms. The van der Waals surface area contributed by atoms with Crippen molar-refractivity contribution in [3.63, 3.8) is 0 Å². The summed E-state index contributed by atoms with van der Waals surface area (Å²) in [6.07, 6.45) is 1.43. The Hall–Kier alpha value is -1.14. The molecule has 0 radical (unpaired) electrons. The summed E-state index contributed by atoms with van der Waals surface area (Å²) in [6.45, 7) is 6.84. The first-order valence-corrected chi connectivity index (χ1v) is 7.08. The number of likely N-dealkylation sites (tertiary alicyclic amines) is 1. The van der Waals surface area contributed by atoms with Gasteiger partial charge in [-0.1, -0.05) is 20.8 Å². The minimum absolute atomic E-state index is 0.0240. The first-order chi connectivity index (χ1) is 9.22. The third-order valence-corrected chi connectivity index (χ3v) is 3.53. The molecule has 0 saturated carbocycles. The molecule has 1 fully saturated rings. The molecule has 6 nitrogen and oxygen atoms in total. The zero-order valence-corrected chi connectivity index (χ0v) is 12.6. The predicted molar refractivity (Wildman–Crippen MR) is 75.3 cm³/mol. The molecule has 2 atom stereocenters. The van der Waals surface area contributed by atoms with E-state index in [1.54, 1.807) is 0 Å². The summed E-state index contributed by atoms with van der Waals surface area (Å²) < 4.78 is 0. The number of aliphatic carboxylic acids is 1. The number of nitrogens with zero attached hydrogens (tertiary/aromatic N) is 1. The average molecular weight is 286 g/mol. The molecule has 0 bridgehead atoms. The number of aliphatic hydroxyl groups excluding tert-OH is 1. The first kappa shape index (κ1) is 16.9. The summed E-state index contributed by atoms with van der Waals surface area (Å²) in [7, 11) is 0. The van der Waals surface area contributed by atoms with E-state index in [1.807, 2.05) is 25.7 Å². The molecule has 1 saturated heterocycles. The SMILES string of the molecule is CC(C)(C)C(=O)NC1CC(CCO)CN(CC(=O)O)C1. The maximum Gasteiger partial charge on any atom is 0.317 e. The Morgan fingerprint density at radius 3 is 2.45 bits per heavy atom. The van der Waals surface area contributed by atoms with Gasteiger partial charge < -0.3 is 15.5 Å². The van der Waals surface area contributed by atoms with Crippen LogP contribution in [0.5, 0.6) is 0 Å². The van der Waals surface area contributed by atoms with Crippen molar-refractivity contribution < 1.29 is 19.8 Å². The number of carbonyl (C=O) groups is 2. The molecule has 0 aromatic heterocycles. The van der Waals surface area contributed by atoms with Crippen LogP contribution in [-0.2, 0) is 9.59 Å².